The number of fused-ring (bicyclic) bond motifs is 1. The van der Waals surface area contributed by atoms with Gasteiger partial charge in [0.2, 0.25) is 0 Å². The Morgan fingerprint density at radius 2 is 1.31 bits per heavy atom. The Bertz CT molecular complexity index is 1570. The standard InChI is InChI=1S/C41H61N5O2/c1-39(2,3)31-22-28(14-13-17-45-20-21-46-19-18-44(10)38(45)46)36(47)29(23-31)26-42-34-15-11-12-16-35(34)43-27-30-24-32(40(4,5)6)25-33(37(30)48)41(7,8)9/h22-27,34-35H,11-21H2,1-10H3,(H-,42,43,47,48)/p+1. The van der Waals surface area contributed by atoms with Crippen LogP contribution in [-0.4, -0.2) is 94.8 Å². The van der Waals surface area contributed by atoms with Crippen LogP contribution in [0.5, 0.6) is 11.5 Å². The van der Waals surface area contributed by atoms with Crippen LogP contribution in [-0.2, 0) is 22.7 Å². The van der Waals surface area contributed by atoms with E-state index in [9.17, 15) is 10.2 Å². The monoisotopic (exact) mass is 656 g/mol. The summed E-state index contributed by atoms with van der Waals surface area (Å²) in [5, 5.41) is 22.9. The van der Waals surface area contributed by atoms with Crippen molar-refractivity contribution >= 4 is 18.4 Å². The van der Waals surface area contributed by atoms with Gasteiger partial charge in [-0.3, -0.25) is 24.4 Å². The first kappa shape index (κ1) is 35.9. The highest BCUT2D eigenvalue weighted by atomic mass is 16.3. The summed E-state index contributed by atoms with van der Waals surface area (Å²) in [6.45, 7) is 25.2. The fourth-order valence-electron chi connectivity index (χ4n) is 7.37. The molecule has 2 atom stereocenters. The third-order valence-electron chi connectivity index (χ3n) is 10.5. The molecular weight excluding hydrogens is 594 g/mol. The molecule has 0 radical (unpaired) electrons. The van der Waals surface area contributed by atoms with E-state index in [1.807, 2.05) is 12.4 Å². The van der Waals surface area contributed by atoms with Gasteiger partial charge in [-0.1, -0.05) is 87.3 Å². The lowest BCUT2D eigenvalue weighted by Crippen LogP contribution is -2.34. The summed E-state index contributed by atoms with van der Waals surface area (Å²) in [5.74, 6) is 2.05. The first-order valence-electron chi connectivity index (χ1n) is 18.3. The van der Waals surface area contributed by atoms with Gasteiger partial charge in [0.25, 0.3) is 0 Å². The van der Waals surface area contributed by atoms with Crippen LogP contribution >= 0.6 is 0 Å². The smallest absolute Gasteiger partial charge is 0.350 e. The zero-order valence-electron chi connectivity index (χ0n) is 31.5. The van der Waals surface area contributed by atoms with Crippen LogP contribution in [0.25, 0.3) is 0 Å². The van der Waals surface area contributed by atoms with Crippen molar-refractivity contribution in [3.8, 4) is 11.5 Å². The van der Waals surface area contributed by atoms with E-state index >= 15 is 0 Å². The van der Waals surface area contributed by atoms with Gasteiger partial charge >= 0.3 is 5.96 Å². The average molecular weight is 657 g/mol. The van der Waals surface area contributed by atoms with Crippen LogP contribution in [0.4, 0.5) is 0 Å². The lowest BCUT2D eigenvalue weighted by Gasteiger charge is -2.28. The van der Waals surface area contributed by atoms with E-state index in [-0.39, 0.29) is 28.3 Å². The summed E-state index contributed by atoms with van der Waals surface area (Å²) in [5.41, 5.74) is 5.67. The van der Waals surface area contributed by atoms with Gasteiger partial charge in [0.15, 0.2) is 0 Å². The molecule has 2 aliphatic heterocycles. The molecule has 2 fully saturated rings. The van der Waals surface area contributed by atoms with Gasteiger partial charge in [-0.05, 0) is 70.8 Å². The summed E-state index contributed by atoms with van der Waals surface area (Å²) in [4.78, 5) is 15.2. The number of likely N-dealkylation sites (N-methyl/N-ethyl adjacent to an activating group) is 1. The number of aliphatic imine (C=N–C) groups is 2. The highest BCUT2D eigenvalue weighted by molar-refractivity contribution is 5.86. The van der Waals surface area contributed by atoms with Gasteiger partial charge < -0.3 is 10.2 Å². The maximum absolute atomic E-state index is 11.5. The molecule has 1 saturated carbocycles. The van der Waals surface area contributed by atoms with Crippen molar-refractivity contribution in [2.45, 2.75) is 129 Å². The third-order valence-corrected chi connectivity index (χ3v) is 10.5. The topological polar surface area (TPSA) is 74.7 Å². The van der Waals surface area contributed by atoms with Gasteiger partial charge in [0.05, 0.1) is 51.9 Å². The van der Waals surface area contributed by atoms with Crippen molar-refractivity contribution < 1.29 is 14.8 Å². The van der Waals surface area contributed by atoms with Crippen molar-refractivity contribution in [1.82, 2.24) is 9.80 Å². The molecule has 0 amide bonds. The minimum Gasteiger partial charge on any atom is -0.507 e. The van der Waals surface area contributed by atoms with Crippen LogP contribution in [0.3, 0.4) is 0 Å². The minimum atomic E-state index is -0.185. The van der Waals surface area contributed by atoms with Crippen molar-refractivity contribution in [2.24, 2.45) is 9.98 Å². The Kier molecular flexibility index (Phi) is 10.4. The first-order valence-corrected chi connectivity index (χ1v) is 18.3. The molecule has 262 valence electrons. The van der Waals surface area contributed by atoms with Gasteiger partial charge in [-0.25, -0.2) is 0 Å². The van der Waals surface area contributed by atoms with Crippen LogP contribution in [0, 0.1) is 0 Å². The zero-order chi connectivity index (χ0) is 35.0. The molecular formula is C41H62N5O2+. The van der Waals surface area contributed by atoms with E-state index in [1.165, 1.54) is 17.1 Å². The number of hydrogen-bond acceptors (Lipinski definition) is 6. The molecule has 5 rings (SSSR count). The Labute approximate surface area is 290 Å². The molecule has 7 heteroatoms. The third kappa shape index (κ3) is 8.09. The number of benzene rings is 2. The van der Waals surface area contributed by atoms with Gasteiger partial charge in [0, 0.05) is 29.1 Å². The van der Waals surface area contributed by atoms with Crippen LogP contribution in [0.1, 0.15) is 128 Å². The second kappa shape index (κ2) is 13.9. The molecule has 0 aromatic heterocycles. The molecule has 2 N–H and O–H groups in total. The van der Waals surface area contributed by atoms with Crippen LogP contribution in [0.15, 0.2) is 34.3 Å². The largest absolute Gasteiger partial charge is 0.507 e. The molecule has 1 saturated heterocycles. The number of nitrogens with zero attached hydrogens (tertiary/aromatic N) is 5. The van der Waals surface area contributed by atoms with E-state index in [2.05, 4.69) is 108 Å². The number of aryl methyl sites for hydroxylation is 1. The minimum absolute atomic E-state index is 0.0319. The van der Waals surface area contributed by atoms with E-state index in [4.69, 9.17) is 9.98 Å². The van der Waals surface area contributed by atoms with Crippen molar-refractivity contribution in [1.29, 1.82) is 0 Å². The second-order valence-corrected chi connectivity index (χ2v) is 17.6. The summed E-state index contributed by atoms with van der Waals surface area (Å²) in [7, 11) is 2.19. The number of phenols is 2. The lowest BCUT2D eigenvalue weighted by atomic mass is 9.79. The maximum Gasteiger partial charge on any atom is 0.350 e. The van der Waals surface area contributed by atoms with Gasteiger partial charge in [0.1, 0.15) is 11.5 Å². The lowest BCUT2D eigenvalue weighted by molar-refractivity contribution is -0.491. The average Bonchev–Trinajstić information content (AvgIpc) is 3.58. The summed E-state index contributed by atoms with van der Waals surface area (Å²) in [6.07, 6.45) is 9.77. The number of rotatable bonds is 8. The highest BCUT2D eigenvalue weighted by Gasteiger charge is 2.39. The molecule has 2 unspecified atom stereocenters. The molecule has 2 aromatic rings. The second-order valence-electron chi connectivity index (χ2n) is 17.6. The number of guanidine groups is 1. The molecule has 2 aromatic carbocycles. The summed E-state index contributed by atoms with van der Waals surface area (Å²) >= 11 is 0. The maximum atomic E-state index is 11.5. The van der Waals surface area contributed by atoms with E-state index in [0.29, 0.717) is 11.5 Å². The van der Waals surface area contributed by atoms with Gasteiger partial charge in [-0.2, -0.15) is 0 Å². The summed E-state index contributed by atoms with van der Waals surface area (Å²) in [6, 6.07) is 8.64. The summed E-state index contributed by atoms with van der Waals surface area (Å²) < 4.78 is 2.37. The van der Waals surface area contributed by atoms with E-state index < -0.39 is 0 Å². The van der Waals surface area contributed by atoms with E-state index in [0.717, 1.165) is 93.5 Å². The first-order chi connectivity index (χ1) is 22.4. The van der Waals surface area contributed by atoms with Gasteiger partial charge in [-0.15, -0.1) is 0 Å². The quantitative estimate of drug-likeness (QED) is 0.229. The predicted octanol–water partition coefficient (Wildman–Crippen LogP) is 7.40. The molecule has 0 spiro atoms. The van der Waals surface area contributed by atoms with Crippen molar-refractivity contribution in [3.63, 3.8) is 0 Å². The Hall–Kier alpha value is -3.35. The Balaban J connectivity index is 1.37. The molecule has 7 nitrogen and oxygen atoms in total. The Morgan fingerprint density at radius 3 is 1.88 bits per heavy atom. The molecule has 2 heterocycles. The molecule has 0 bridgehead atoms. The van der Waals surface area contributed by atoms with Crippen LogP contribution in [0.2, 0.25) is 0 Å². The number of aromatic hydroxyl groups is 2. The molecule has 48 heavy (non-hydrogen) atoms. The predicted molar refractivity (Wildman–Crippen MR) is 201 cm³/mol. The normalized spacial score (nSPS) is 21.0. The highest BCUT2D eigenvalue weighted by Crippen LogP contribution is 2.38. The van der Waals surface area contributed by atoms with Crippen LogP contribution < -0.4 is 0 Å². The Morgan fingerprint density at radius 1 is 0.750 bits per heavy atom. The fourth-order valence-corrected chi connectivity index (χ4v) is 7.37. The van der Waals surface area contributed by atoms with Crippen molar-refractivity contribution in [3.05, 3.63) is 57.6 Å². The van der Waals surface area contributed by atoms with E-state index in [1.54, 1.807) is 0 Å². The fraction of sp³-hybridized carbons (Fsp3) is 0.634. The number of hydrogen-bond donors (Lipinski definition) is 2. The SMILES string of the molecule is C[N+]1=C2N(CCCc3cc(C(C)(C)C)cc(C=NC4CCCCC4N=Cc4cc(C(C)(C)C)cc(C(C)(C)C)c4O)c3O)CCN2CC1. The molecule has 3 aliphatic rings. The zero-order valence-corrected chi connectivity index (χ0v) is 31.5. The molecule has 1 aliphatic carbocycles. The van der Waals surface area contributed by atoms with Crippen molar-refractivity contribution in [2.75, 3.05) is 39.8 Å². The number of phenolic OH excluding ortho intramolecular Hbond substituents is 2.